The predicted molar refractivity (Wildman–Crippen MR) is 58.4 cm³/mol. The highest BCUT2D eigenvalue weighted by Crippen LogP contribution is 2.19. The zero-order valence-corrected chi connectivity index (χ0v) is 8.73. The molecule has 0 radical (unpaired) electrons. The maximum Gasteiger partial charge on any atom is 0.0205 e. The number of hydrogen-bond acceptors (Lipinski definition) is 0. The molecule has 0 heteroatoms. The van der Waals surface area contributed by atoms with Crippen molar-refractivity contribution in [2.75, 3.05) is 0 Å². The van der Waals surface area contributed by atoms with Crippen LogP contribution in [0.25, 0.3) is 0 Å². The van der Waals surface area contributed by atoms with E-state index < -0.39 is 0 Å². The zero-order valence-electron chi connectivity index (χ0n) is 8.73. The Balaban J connectivity index is 2.32. The molecule has 0 saturated heterocycles. The standard InChI is InChI=1S/C13H20/c1-12(2)10-11-13-8-6-4-3-5-7-9-13/h13H,1,3-6,8,10-11H2,2H3. The summed E-state index contributed by atoms with van der Waals surface area (Å²) in [6.07, 6.45) is 8.85. The van der Waals surface area contributed by atoms with Crippen molar-refractivity contribution < 1.29 is 0 Å². The highest BCUT2D eigenvalue weighted by Gasteiger charge is 2.06. The molecule has 0 aromatic carbocycles. The first-order valence-corrected chi connectivity index (χ1v) is 5.42. The Hall–Kier alpha value is -0.700. The van der Waals surface area contributed by atoms with Crippen molar-refractivity contribution in [1.29, 1.82) is 0 Å². The minimum atomic E-state index is 0.650. The van der Waals surface area contributed by atoms with E-state index in [4.69, 9.17) is 0 Å². The lowest BCUT2D eigenvalue weighted by atomic mass is 9.93. The maximum atomic E-state index is 3.93. The Kier molecular flexibility index (Phi) is 4.68. The Morgan fingerprint density at radius 1 is 1.38 bits per heavy atom. The fourth-order valence-electron chi connectivity index (χ4n) is 1.71. The van der Waals surface area contributed by atoms with Crippen molar-refractivity contribution in [1.82, 2.24) is 0 Å². The molecule has 72 valence electrons. The Bertz CT molecular complexity index is 214. The van der Waals surface area contributed by atoms with Gasteiger partial charge in [0.2, 0.25) is 0 Å². The normalized spacial score (nSPS) is 22.4. The SMILES string of the molecule is C=C(C)CCC1C#CCCCCC1. The molecule has 1 aliphatic carbocycles. The van der Waals surface area contributed by atoms with Crippen LogP contribution in [0.5, 0.6) is 0 Å². The lowest BCUT2D eigenvalue weighted by Gasteiger charge is -2.11. The van der Waals surface area contributed by atoms with Gasteiger partial charge < -0.3 is 0 Å². The third-order valence-electron chi connectivity index (χ3n) is 2.58. The van der Waals surface area contributed by atoms with Crippen LogP contribution in [0.3, 0.4) is 0 Å². The Morgan fingerprint density at radius 3 is 3.00 bits per heavy atom. The highest BCUT2D eigenvalue weighted by molar-refractivity contribution is 5.05. The van der Waals surface area contributed by atoms with Gasteiger partial charge in [-0.25, -0.2) is 0 Å². The van der Waals surface area contributed by atoms with Crippen LogP contribution in [-0.2, 0) is 0 Å². The second kappa shape index (κ2) is 5.86. The van der Waals surface area contributed by atoms with E-state index >= 15 is 0 Å². The first-order chi connectivity index (χ1) is 6.29. The second-order valence-corrected chi connectivity index (χ2v) is 4.11. The summed E-state index contributed by atoms with van der Waals surface area (Å²) < 4.78 is 0. The van der Waals surface area contributed by atoms with Crippen molar-refractivity contribution in [2.45, 2.75) is 51.9 Å². The second-order valence-electron chi connectivity index (χ2n) is 4.11. The van der Waals surface area contributed by atoms with Gasteiger partial charge in [0, 0.05) is 12.3 Å². The van der Waals surface area contributed by atoms with Gasteiger partial charge >= 0.3 is 0 Å². The molecule has 1 rings (SSSR count). The van der Waals surface area contributed by atoms with Crippen LogP contribution in [0.4, 0.5) is 0 Å². The molecule has 0 nitrogen and oxygen atoms in total. The van der Waals surface area contributed by atoms with Gasteiger partial charge in [0.15, 0.2) is 0 Å². The molecular weight excluding hydrogens is 156 g/mol. The highest BCUT2D eigenvalue weighted by atomic mass is 14.1. The largest absolute Gasteiger partial charge is 0.103 e. The van der Waals surface area contributed by atoms with Gasteiger partial charge in [-0.05, 0) is 32.6 Å². The summed E-state index contributed by atoms with van der Waals surface area (Å²) in [5.41, 5.74) is 1.30. The molecule has 0 saturated carbocycles. The van der Waals surface area contributed by atoms with Gasteiger partial charge in [-0.3, -0.25) is 0 Å². The van der Waals surface area contributed by atoms with Gasteiger partial charge in [0.25, 0.3) is 0 Å². The molecule has 0 amide bonds. The lowest BCUT2D eigenvalue weighted by Crippen LogP contribution is -1.99. The van der Waals surface area contributed by atoms with Crippen LogP contribution in [0, 0.1) is 17.8 Å². The van der Waals surface area contributed by atoms with E-state index in [2.05, 4.69) is 25.3 Å². The third kappa shape index (κ3) is 4.78. The summed E-state index contributed by atoms with van der Waals surface area (Å²) in [6, 6.07) is 0. The van der Waals surface area contributed by atoms with Crippen LogP contribution in [-0.4, -0.2) is 0 Å². The number of rotatable bonds is 3. The van der Waals surface area contributed by atoms with Gasteiger partial charge in [0.05, 0.1) is 0 Å². The van der Waals surface area contributed by atoms with Crippen molar-refractivity contribution in [2.24, 2.45) is 5.92 Å². The quantitative estimate of drug-likeness (QED) is 0.451. The minimum absolute atomic E-state index is 0.650. The van der Waals surface area contributed by atoms with Crippen LogP contribution < -0.4 is 0 Å². The summed E-state index contributed by atoms with van der Waals surface area (Å²) in [5.74, 6) is 7.32. The molecule has 13 heavy (non-hydrogen) atoms. The maximum absolute atomic E-state index is 3.93. The Morgan fingerprint density at radius 2 is 2.23 bits per heavy atom. The molecule has 0 heterocycles. The van der Waals surface area contributed by atoms with E-state index in [9.17, 15) is 0 Å². The number of allylic oxidation sites excluding steroid dienone is 1. The van der Waals surface area contributed by atoms with Crippen molar-refractivity contribution in [3.05, 3.63) is 12.2 Å². The topological polar surface area (TPSA) is 0 Å². The molecule has 0 N–H and O–H groups in total. The molecule has 1 unspecified atom stereocenters. The van der Waals surface area contributed by atoms with Gasteiger partial charge in [-0.15, -0.1) is 12.5 Å². The first kappa shape index (κ1) is 10.4. The summed E-state index contributed by atoms with van der Waals surface area (Å²) in [6.45, 7) is 6.04. The van der Waals surface area contributed by atoms with E-state index in [1.165, 1.54) is 37.7 Å². The predicted octanol–water partition coefficient (Wildman–Crippen LogP) is 3.93. The average Bonchev–Trinajstić information content (AvgIpc) is 2.01. The summed E-state index contributed by atoms with van der Waals surface area (Å²) >= 11 is 0. The van der Waals surface area contributed by atoms with E-state index in [0.29, 0.717) is 5.92 Å². The monoisotopic (exact) mass is 176 g/mol. The summed E-state index contributed by atoms with van der Waals surface area (Å²) in [7, 11) is 0. The third-order valence-corrected chi connectivity index (χ3v) is 2.58. The fourth-order valence-corrected chi connectivity index (χ4v) is 1.71. The molecule has 1 atom stereocenters. The average molecular weight is 176 g/mol. The molecule has 0 aromatic rings. The molecule has 0 fully saturated rings. The van der Waals surface area contributed by atoms with Crippen LogP contribution in [0.2, 0.25) is 0 Å². The van der Waals surface area contributed by atoms with E-state index in [0.717, 1.165) is 12.8 Å². The van der Waals surface area contributed by atoms with E-state index in [1.807, 2.05) is 0 Å². The van der Waals surface area contributed by atoms with Crippen molar-refractivity contribution in [3.8, 4) is 11.8 Å². The van der Waals surface area contributed by atoms with E-state index in [-0.39, 0.29) is 0 Å². The van der Waals surface area contributed by atoms with E-state index in [1.54, 1.807) is 0 Å². The van der Waals surface area contributed by atoms with Crippen molar-refractivity contribution in [3.63, 3.8) is 0 Å². The van der Waals surface area contributed by atoms with Gasteiger partial charge in [-0.1, -0.05) is 24.3 Å². The molecule has 1 aliphatic rings. The first-order valence-electron chi connectivity index (χ1n) is 5.42. The van der Waals surface area contributed by atoms with Crippen molar-refractivity contribution >= 4 is 0 Å². The molecule has 0 bridgehead atoms. The van der Waals surface area contributed by atoms with Gasteiger partial charge in [0.1, 0.15) is 0 Å². The lowest BCUT2D eigenvalue weighted by molar-refractivity contribution is 0.510. The smallest absolute Gasteiger partial charge is 0.0205 e. The minimum Gasteiger partial charge on any atom is -0.103 e. The fraction of sp³-hybridized carbons (Fsp3) is 0.692. The molecular formula is C13H20. The number of hydrogen-bond donors (Lipinski definition) is 0. The Labute approximate surface area is 82.4 Å². The molecule has 0 spiro atoms. The summed E-state index contributed by atoms with van der Waals surface area (Å²) in [5, 5.41) is 0. The zero-order chi connectivity index (χ0) is 9.52. The van der Waals surface area contributed by atoms with Crippen LogP contribution in [0.15, 0.2) is 12.2 Å². The molecule has 0 aliphatic heterocycles. The van der Waals surface area contributed by atoms with Crippen LogP contribution >= 0.6 is 0 Å². The summed E-state index contributed by atoms with van der Waals surface area (Å²) in [4.78, 5) is 0. The van der Waals surface area contributed by atoms with Gasteiger partial charge in [-0.2, -0.15) is 0 Å². The van der Waals surface area contributed by atoms with Crippen LogP contribution in [0.1, 0.15) is 51.9 Å². The molecule has 0 aromatic heterocycles.